The monoisotopic (exact) mass is 286 g/mol. The maximum absolute atomic E-state index is 11.4. The molecule has 1 heterocycles. The zero-order valence-electron chi connectivity index (χ0n) is 12.0. The van der Waals surface area contributed by atoms with Gasteiger partial charge < -0.3 is 9.26 Å². The smallest absolute Gasteiger partial charge is 0.315 e. The van der Waals surface area contributed by atoms with Crippen molar-refractivity contribution in [3.8, 4) is 0 Å². The van der Waals surface area contributed by atoms with Crippen molar-refractivity contribution in [3.05, 3.63) is 47.1 Å². The second-order valence-corrected chi connectivity index (χ2v) is 5.24. The Bertz CT molecular complexity index is 636. The van der Waals surface area contributed by atoms with Crippen molar-refractivity contribution >= 4 is 5.97 Å². The first-order valence-electron chi connectivity index (χ1n) is 7.31. The molecule has 0 spiro atoms. The van der Waals surface area contributed by atoms with Crippen molar-refractivity contribution < 1.29 is 14.1 Å². The molecule has 1 aliphatic rings. The highest BCUT2D eigenvalue weighted by Crippen LogP contribution is 2.31. The van der Waals surface area contributed by atoms with Crippen LogP contribution in [0, 0.1) is 0 Å². The quantitative estimate of drug-likeness (QED) is 0.808. The Balaban J connectivity index is 1.69. The Hall–Kier alpha value is -2.17. The van der Waals surface area contributed by atoms with E-state index in [2.05, 4.69) is 34.4 Å². The molecule has 0 saturated heterocycles. The van der Waals surface area contributed by atoms with Gasteiger partial charge in [0.05, 0.1) is 6.61 Å². The number of carbonyl (C=O) groups is 1. The van der Waals surface area contributed by atoms with Crippen molar-refractivity contribution in [1.29, 1.82) is 0 Å². The topological polar surface area (TPSA) is 65.2 Å². The maximum Gasteiger partial charge on any atom is 0.315 e. The van der Waals surface area contributed by atoms with Gasteiger partial charge in [-0.15, -0.1) is 0 Å². The average molecular weight is 286 g/mol. The molecule has 5 heteroatoms. The van der Waals surface area contributed by atoms with Crippen molar-refractivity contribution in [2.45, 2.75) is 38.5 Å². The zero-order valence-corrected chi connectivity index (χ0v) is 12.0. The number of nitrogens with zero attached hydrogens (tertiary/aromatic N) is 2. The van der Waals surface area contributed by atoms with Crippen molar-refractivity contribution in [2.75, 3.05) is 6.61 Å². The molecule has 1 unspecified atom stereocenters. The first-order valence-corrected chi connectivity index (χ1v) is 7.31. The van der Waals surface area contributed by atoms with Gasteiger partial charge in [-0.2, -0.15) is 4.98 Å². The van der Waals surface area contributed by atoms with Crippen molar-refractivity contribution in [2.24, 2.45) is 0 Å². The number of rotatable bonds is 4. The lowest BCUT2D eigenvalue weighted by atomic mass is 9.83. The van der Waals surface area contributed by atoms with Crippen LogP contribution in [0.4, 0.5) is 0 Å². The number of carbonyl (C=O) groups excluding carboxylic acids is 1. The number of hydrogen-bond acceptors (Lipinski definition) is 5. The third-order valence-electron chi connectivity index (χ3n) is 3.80. The second kappa shape index (κ2) is 6.08. The highest BCUT2D eigenvalue weighted by molar-refractivity contribution is 5.71. The molecule has 0 amide bonds. The molecule has 0 radical (unpaired) electrons. The van der Waals surface area contributed by atoms with Gasteiger partial charge in [0.2, 0.25) is 5.89 Å². The summed E-state index contributed by atoms with van der Waals surface area (Å²) in [4.78, 5) is 15.8. The first-order chi connectivity index (χ1) is 10.3. The Labute approximate surface area is 123 Å². The summed E-state index contributed by atoms with van der Waals surface area (Å²) in [5, 5.41) is 4.03. The highest BCUT2D eigenvalue weighted by Gasteiger charge is 2.24. The van der Waals surface area contributed by atoms with Crippen LogP contribution >= 0.6 is 0 Å². The Morgan fingerprint density at radius 2 is 2.19 bits per heavy atom. The standard InChI is InChI=1S/C16H18N2O3/c1-2-20-15(19)10-14-17-16(18-21-14)13-8-7-11-5-3-4-6-12(11)9-13/h3-6,13H,2,7-10H2,1H3. The van der Waals surface area contributed by atoms with Crippen molar-refractivity contribution in [1.82, 2.24) is 10.1 Å². The first kappa shape index (κ1) is 13.8. The lowest BCUT2D eigenvalue weighted by Crippen LogP contribution is -2.14. The molecule has 1 aliphatic carbocycles. The summed E-state index contributed by atoms with van der Waals surface area (Å²) in [5.74, 6) is 0.965. The average Bonchev–Trinajstić information content (AvgIpc) is 2.95. The fraction of sp³-hybridized carbons (Fsp3) is 0.438. The molecule has 2 aromatic rings. The van der Waals surface area contributed by atoms with E-state index in [1.807, 2.05) is 0 Å². The number of ether oxygens (including phenoxy) is 1. The van der Waals surface area contributed by atoms with E-state index in [0.29, 0.717) is 18.3 Å². The van der Waals surface area contributed by atoms with E-state index in [9.17, 15) is 4.79 Å². The minimum atomic E-state index is -0.332. The van der Waals surface area contributed by atoms with E-state index in [4.69, 9.17) is 9.26 Å². The largest absolute Gasteiger partial charge is 0.466 e. The van der Waals surface area contributed by atoms with Crippen LogP contribution in [0.2, 0.25) is 0 Å². The van der Waals surface area contributed by atoms with Gasteiger partial charge in [-0.1, -0.05) is 29.4 Å². The van der Waals surface area contributed by atoms with Crippen LogP contribution in [0.3, 0.4) is 0 Å². The Morgan fingerprint density at radius 1 is 1.38 bits per heavy atom. The number of aryl methyl sites for hydroxylation is 1. The summed E-state index contributed by atoms with van der Waals surface area (Å²) in [6.07, 6.45) is 3.01. The normalized spacial score (nSPS) is 17.3. The van der Waals surface area contributed by atoms with Crippen LogP contribution in [0.5, 0.6) is 0 Å². The molecule has 0 fully saturated rings. The second-order valence-electron chi connectivity index (χ2n) is 5.24. The molecule has 21 heavy (non-hydrogen) atoms. The zero-order chi connectivity index (χ0) is 14.7. The number of esters is 1. The van der Waals surface area contributed by atoms with Gasteiger partial charge in [0.1, 0.15) is 6.42 Å². The summed E-state index contributed by atoms with van der Waals surface area (Å²) in [6.45, 7) is 2.13. The lowest BCUT2D eigenvalue weighted by molar-refractivity contribution is -0.142. The molecule has 1 aromatic heterocycles. The maximum atomic E-state index is 11.4. The SMILES string of the molecule is CCOC(=O)Cc1nc(C2CCc3ccccc3C2)no1. The Kier molecular flexibility index (Phi) is 3.99. The molecule has 5 nitrogen and oxygen atoms in total. The van der Waals surface area contributed by atoms with Gasteiger partial charge in [-0.3, -0.25) is 4.79 Å². The van der Waals surface area contributed by atoms with Crippen LogP contribution in [0.15, 0.2) is 28.8 Å². The van der Waals surface area contributed by atoms with Crippen LogP contribution in [-0.4, -0.2) is 22.7 Å². The highest BCUT2D eigenvalue weighted by atomic mass is 16.5. The van der Waals surface area contributed by atoms with Gasteiger partial charge in [-0.25, -0.2) is 0 Å². The Morgan fingerprint density at radius 3 is 3.00 bits per heavy atom. The summed E-state index contributed by atoms with van der Waals surface area (Å²) in [6, 6.07) is 8.46. The molecule has 0 N–H and O–H groups in total. The summed E-state index contributed by atoms with van der Waals surface area (Å²) < 4.78 is 10.0. The van der Waals surface area contributed by atoms with Crippen LogP contribution in [0.1, 0.15) is 42.1 Å². The molecule has 110 valence electrons. The molecule has 1 atom stereocenters. The minimum absolute atomic E-state index is 0.0458. The van der Waals surface area contributed by atoms with Gasteiger partial charge in [0.25, 0.3) is 0 Å². The van der Waals surface area contributed by atoms with E-state index >= 15 is 0 Å². The predicted octanol–water partition coefficient (Wildman–Crippen LogP) is 2.45. The molecular formula is C16H18N2O3. The minimum Gasteiger partial charge on any atom is -0.466 e. The van der Waals surface area contributed by atoms with E-state index in [-0.39, 0.29) is 18.3 Å². The molecule has 1 aromatic carbocycles. The number of aromatic nitrogens is 2. The number of hydrogen-bond donors (Lipinski definition) is 0. The fourth-order valence-corrected chi connectivity index (χ4v) is 2.76. The predicted molar refractivity (Wildman–Crippen MR) is 75.8 cm³/mol. The number of benzene rings is 1. The third kappa shape index (κ3) is 3.12. The summed E-state index contributed by atoms with van der Waals surface area (Å²) in [7, 11) is 0. The molecule has 0 bridgehead atoms. The summed E-state index contributed by atoms with van der Waals surface area (Å²) >= 11 is 0. The van der Waals surface area contributed by atoms with Gasteiger partial charge in [0.15, 0.2) is 5.82 Å². The molecule has 0 saturated carbocycles. The molecular weight excluding hydrogens is 268 g/mol. The lowest BCUT2D eigenvalue weighted by Gasteiger charge is -2.21. The number of fused-ring (bicyclic) bond motifs is 1. The molecule has 0 aliphatic heterocycles. The van der Waals surface area contributed by atoms with Gasteiger partial charge in [0, 0.05) is 5.92 Å². The van der Waals surface area contributed by atoms with E-state index in [0.717, 1.165) is 19.3 Å². The van der Waals surface area contributed by atoms with E-state index in [1.54, 1.807) is 6.92 Å². The molecule has 3 rings (SSSR count). The van der Waals surface area contributed by atoms with Gasteiger partial charge in [-0.05, 0) is 37.3 Å². The third-order valence-corrected chi connectivity index (χ3v) is 3.80. The fourth-order valence-electron chi connectivity index (χ4n) is 2.76. The van der Waals surface area contributed by atoms with Crippen molar-refractivity contribution in [3.63, 3.8) is 0 Å². The van der Waals surface area contributed by atoms with E-state index in [1.165, 1.54) is 11.1 Å². The van der Waals surface area contributed by atoms with Crippen LogP contribution < -0.4 is 0 Å². The summed E-state index contributed by atoms with van der Waals surface area (Å²) in [5.41, 5.74) is 2.76. The van der Waals surface area contributed by atoms with E-state index < -0.39 is 0 Å². The van der Waals surface area contributed by atoms with Crippen LogP contribution in [0.25, 0.3) is 0 Å². The van der Waals surface area contributed by atoms with Gasteiger partial charge >= 0.3 is 5.97 Å². The van der Waals surface area contributed by atoms with Crippen LogP contribution in [-0.2, 0) is 28.8 Å².